The number of rotatable bonds is 9. The van der Waals surface area contributed by atoms with E-state index in [2.05, 4.69) is 10.6 Å². The first-order valence-electron chi connectivity index (χ1n) is 11.0. The van der Waals surface area contributed by atoms with Gasteiger partial charge in [-0.1, -0.05) is 48.5 Å². The molecule has 4 rings (SSSR count). The Morgan fingerprint density at radius 1 is 0.667 bits per heavy atom. The van der Waals surface area contributed by atoms with E-state index >= 15 is 0 Å². The summed E-state index contributed by atoms with van der Waals surface area (Å²) in [6.45, 7) is 0.110. The number of nitrogens with one attached hydrogen (secondary N) is 2. The second kappa shape index (κ2) is 10.9. The molecule has 1 amide bonds. The highest BCUT2D eigenvalue weighted by atomic mass is 16.5. The summed E-state index contributed by atoms with van der Waals surface area (Å²) >= 11 is 0. The third-order valence-corrected chi connectivity index (χ3v) is 5.34. The van der Waals surface area contributed by atoms with Crippen LogP contribution in [0.15, 0.2) is 97.1 Å². The van der Waals surface area contributed by atoms with E-state index in [4.69, 9.17) is 4.74 Å². The minimum atomic E-state index is -1.25. The van der Waals surface area contributed by atoms with Gasteiger partial charge in [-0.25, -0.2) is 9.59 Å². The van der Waals surface area contributed by atoms with E-state index in [1.54, 1.807) is 48.5 Å². The monoisotopic (exact) mass is 482 g/mol. The molecule has 4 aromatic rings. The topological polar surface area (TPSA) is 125 Å². The van der Waals surface area contributed by atoms with Gasteiger partial charge in [-0.3, -0.25) is 4.79 Å². The predicted molar refractivity (Wildman–Crippen MR) is 136 cm³/mol. The molecular formula is C28H22N2O6. The molecular weight excluding hydrogens is 460 g/mol. The van der Waals surface area contributed by atoms with Crippen LogP contribution in [0.1, 0.15) is 31.1 Å². The fraction of sp³-hybridized carbons (Fsp3) is 0.0357. The maximum absolute atomic E-state index is 12.5. The molecule has 0 aliphatic rings. The molecule has 36 heavy (non-hydrogen) atoms. The van der Waals surface area contributed by atoms with Gasteiger partial charge in [0.2, 0.25) is 0 Å². The summed E-state index contributed by atoms with van der Waals surface area (Å²) in [6.07, 6.45) is 0. The Labute approximate surface area is 206 Å². The molecule has 0 aromatic heterocycles. The van der Waals surface area contributed by atoms with Crippen LogP contribution < -0.4 is 15.4 Å². The van der Waals surface area contributed by atoms with E-state index in [1.165, 1.54) is 30.3 Å². The highest BCUT2D eigenvalue weighted by Gasteiger charge is 2.19. The number of carboxylic acid groups (broad SMARTS) is 2. The molecule has 0 saturated carbocycles. The molecule has 8 heteroatoms. The summed E-state index contributed by atoms with van der Waals surface area (Å²) < 4.78 is 5.58. The van der Waals surface area contributed by atoms with E-state index in [9.17, 15) is 24.6 Å². The number of carboxylic acids is 2. The Bertz CT molecular complexity index is 1400. The van der Waals surface area contributed by atoms with Crippen molar-refractivity contribution in [3.63, 3.8) is 0 Å². The van der Waals surface area contributed by atoms with E-state index < -0.39 is 11.9 Å². The summed E-state index contributed by atoms with van der Waals surface area (Å²) in [5.41, 5.74) is 1.42. The maximum atomic E-state index is 12.5. The quantitative estimate of drug-likeness (QED) is 0.234. The van der Waals surface area contributed by atoms with Gasteiger partial charge in [-0.15, -0.1) is 0 Å². The predicted octanol–water partition coefficient (Wildman–Crippen LogP) is 5.45. The SMILES string of the molecule is O=C(Nc1ccc(-c2ccc(NCOc3ccccc3)cc2C(=O)O)c(C(=O)O)c1)c1ccccc1. The number of amides is 1. The minimum absolute atomic E-state index is 0.0803. The largest absolute Gasteiger partial charge is 0.478 e. The van der Waals surface area contributed by atoms with Crippen LogP contribution in [0.4, 0.5) is 11.4 Å². The molecule has 0 fully saturated rings. The van der Waals surface area contributed by atoms with Crippen molar-refractivity contribution in [1.29, 1.82) is 0 Å². The molecule has 0 bridgehead atoms. The van der Waals surface area contributed by atoms with Crippen LogP contribution in [0.5, 0.6) is 5.75 Å². The zero-order valence-corrected chi connectivity index (χ0v) is 19.0. The van der Waals surface area contributed by atoms with Crippen LogP contribution in [0.3, 0.4) is 0 Å². The zero-order chi connectivity index (χ0) is 25.5. The Hall–Kier alpha value is -5.11. The Kier molecular flexibility index (Phi) is 7.26. The molecule has 0 aliphatic heterocycles. The van der Waals surface area contributed by atoms with E-state index in [-0.39, 0.29) is 40.6 Å². The summed E-state index contributed by atoms with van der Waals surface area (Å²) in [5, 5.41) is 25.3. The molecule has 0 radical (unpaired) electrons. The van der Waals surface area contributed by atoms with Gasteiger partial charge < -0.3 is 25.6 Å². The lowest BCUT2D eigenvalue weighted by atomic mass is 9.94. The van der Waals surface area contributed by atoms with Gasteiger partial charge in [0.25, 0.3) is 5.91 Å². The lowest BCUT2D eigenvalue weighted by Gasteiger charge is -2.14. The van der Waals surface area contributed by atoms with Crippen LogP contribution in [0, 0.1) is 0 Å². The summed E-state index contributed by atoms with van der Waals surface area (Å²) in [7, 11) is 0. The van der Waals surface area contributed by atoms with Gasteiger partial charge in [-0.05, 0) is 59.7 Å². The summed E-state index contributed by atoms with van der Waals surface area (Å²) in [4.78, 5) is 36.5. The number of ether oxygens (including phenoxy) is 1. The lowest BCUT2D eigenvalue weighted by molar-refractivity contribution is 0.0684. The van der Waals surface area contributed by atoms with Gasteiger partial charge >= 0.3 is 11.9 Å². The van der Waals surface area contributed by atoms with Crippen molar-refractivity contribution in [2.75, 3.05) is 17.4 Å². The van der Waals surface area contributed by atoms with Crippen molar-refractivity contribution < 1.29 is 29.3 Å². The minimum Gasteiger partial charge on any atom is -0.478 e. The molecule has 0 saturated heterocycles. The number of carbonyl (C=O) groups is 3. The first kappa shape index (κ1) is 24.0. The number of hydrogen-bond acceptors (Lipinski definition) is 5. The molecule has 0 unspecified atom stereocenters. The molecule has 4 aromatic carbocycles. The third kappa shape index (κ3) is 5.68. The number of anilines is 2. The van der Waals surface area contributed by atoms with E-state index in [1.807, 2.05) is 18.2 Å². The van der Waals surface area contributed by atoms with E-state index in [0.29, 0.717) is 17.0 Å². The van der Waals surface area contributed by atoms with Crippen LogP contribution in [0.2, 0.25) is 0 Å². The number of aromatic carboxylic acids is 2. The van der Waals surface area contributed by atoms with Gasteiger partial charge in [-0.2, -0.15) is 0 Å². The molecule has 180 valence electrons. The fourth-order valence-corrected chi connectivity index (χ4v) is 3.61. The molecule has 0 heterocycles. The van der Waals surface area contributed by atoms with Crippen molar-refractivity contribution in [2.24, 2.45) is 0 Å². The molecule has 0 atom stereocenters. The second-order valence-corrected chi connectivity index (χ2v) is 7.73. The molecule has 8 nitrogen and oxygen atoms in total. The Morgan fingerprint density at radius 3 is 1.78 bits per heavy atom. The number of hydrogen-bond donors (Lipinski definition) is 4. The van der Waals surface area contributed by atoms with Crippen molar-refractivity contribution in [2.45, 2.75) is 0 Å². The molecule has 0 spiro atoms. The smallest absolute Gasteiger partial charge is 0.336 e. The summed E-state index contributed by atoms with van der Waals surface area (Å²) in [5.74, 6) is -2.20. The van der Waals surface area contributed by atoms with Crippen molar-refractivity contribution >= 4 is 29.2 Å². The molecule has 0 aliphatic carbocycles. The van der Waals surface area contributed by atoms with E-state index in [0.717, 1.165) is 0 Å². The zero-order valence-electron chi connectivity index (χ0n) is 19.0. The molecule has 4 N–H and O–H groups in total. The average molecular weight is 482 g/mol. The Morgan fingerprint density at radius 2 is 1.19 bits per heavy atom. The van der Waals surface area contributed by atoms with Crippen LogP contribution in [0.25, 0.3) is 11.1 Å². The normalized spacial score (nSPS) is 10.3. The standard InChI is InChI=1S/C28H22N2O6/c31-26(18-7-3-1-4-8-18)30-20-12-14-23(25(16-20)28(34)35)22-13-11-19(15-24(22)27(32)33)29-17-36-21-9-5-2-6-10-21/h1-16,29H,17H2,(H,30,31)(H,32,33)(H,34,35). The number of carbonyl (C=O) groups excluding carboxylic acids is 1. The third-order valence-electron chi connectivity index (χ3n) is 5.34. The number of para-hydroxylation sites is 1. The fourth-order valence-electron chi connectivity index (χ4n) is 3.61. The maximum Gasteiger partial charge on any atom is 0.336 e. The lowest BCUT2D eigenvalue weighted by Crippen LogP contribution is -2.13. The van der Waals surface area contributed by atoms with Crippen LogP contribution in [-0.4, -0.2) is 34.8 Å². The van der Waals surface area contributed by atoms with Crippen molar-refractivity contribution in [3.05, 3.63) is 114 Å². The number of benzene rings is 4. The Balaban J connectivity index is 1.59. The summed E-state index contributed by atoms with van der Waals surface area (Å²) in [6, 6.07) is 26.6. The van der Waals surface area contributed by atoms with Crippen molar-refractivity contribution in [1.82, 2.24) is 0 Å². The van der Waals surface area contributed by atoms with Crippen LogP contribution >= 0.6 is 0 Å². The van der Waals surface area contributed by atoms with Gasteiger partial charge in [0, 0.05) is 16.9 Å². The first-order valence-corrected chi connectivity index (χ1v) is 11.0. The van der Waals surface area contributed by atoms with Crippen molar-refractivity contribution in [3.8, 4) is 16.9 Å². The van der Waals surface area contributed by atoms with Crippen LogP contribution in [-0.2, 0) is 0 Å². The second-order valence-electron chi connectivity index (χ2n) is 7.73. The van der Waals surface area contributed by atoms with Gasteiger partial charge in [0.15, 0.2) is 6.73 Å². The van der Waals surface area contributed by atoms with Gasteiger partial charge in [0.05, 0.1) is 11.1 Å². The highest BCUT2D eigenvalue weighted by molar-refractivity contribution is 6.07. The highest BCUT2D eigenvalue weighted by Crippen LogP contribution is 2.31. The van der Waals surface area contributed by atoms with Gasteiger partial charge in [0.1, 0.15) is 5.75 Å². The average Bonchev–Trinajstić information content (AvgIpc) is 2.89. The first-order chi connectivity index (χ1) is 17.4.